The summed E-state index contributed by atoms with van der Waals surface area (Å²) in [5, 5.41) is 0.644. The van der Waals surface area contributed by atoms with E-state index in [4.69, 9.17) is 30.5 Å². The Morgan fingerprint density at radius 1 is 1.00 bits per heavy atom. The summed E-state index contributed by atoms with van der Waals surface area (Å²) in [6.45, 7) is 1.98. The first-order valence-electron chi connectivity index (χ1n) is 7.34. The Labute approximate surface area is 146 Å². The lowest BCUT2D eigenvalue weighted by molar-refractivity contribution is 0.0733. The van der Waals surface area contributed by atoms with Crippen molar-refractivity contribution in [2.45, 2.75) is 13.3 Å². The smallest absolute Gasteiger partial charge is 0.343 e. The Kier molecular flexibility index (Phi) is 5.93. The van der Waals surface area contributed by atoms with Gasteiger partial charge in [-0.25, -0.2) is 4.79 Å². The van der Waals surface area contributed by atoms with Gasteiger partial charge in [0.2, 0.25) is 5.75 Å². The molecule has 0 aliphatic rings. The predicted molar refractivity (Wildman–Crippen MR) is 91.9 cm³/mol. The lowest BCUT2D eigenvalue weighted by Crippen LogP contribution is -2.10. The van der Waals surface area contributed by atoms with Crippen LogP contribution in [-0.4, -0.2) is 27.3 Å². The van der Waals surface area contributed by atoms with Crippen LogP contribution in [0, 0.1) is 0 Å². The second kappa shape index (κ2) is 7.93. The van der Waals surface area contributed by atoms with E-state index in [2.05, 4.69) is 0 Å². The largest absolute Gasteiger partial charge is 0.493 e. The summed E-state index contributed by atoms with van der Waals surface area (Å²) in [6, 6.07) is 8.19. The van der Waals surface area contributed by atoms with E-state index in [1.165, 1.54) is 21.3 Å². The normalized spacial score (nSPS) is 10.2. The minimum atomic E-state index is -0.529. The standard InChI is InChI=1S/C18H19ClO5/c1-5-11-8-13(6-7-14(11)19)24-18(20)12-9-15(21-2)17(23-4)16(10-12)22-3/h6-10H,5H2,1-4H3. The van der Waals surface area contributed by atoms with Crippen LogP contribution in [0.3, 0.4) is 0 Å². The fourth-order valence-corrected chi connectivity index (χ4v) is 2.50. The summed E-state index contributed by atoms with van der Waals surface area (Å²) < 4.78 is 21.1. The third-order valence-corrected chi connectivity index (χ3v) is 3.88. The fourth-order valence-electron chi connectivity index (χ4n) is 2.25. The first-order chi connectivity index (χ1) is 11.5. The summed E-state index contributed by atoms with van der Waals surface area (Å²) in [6.07, 6.45) is 0.744. The Hall–Kier alpha value is -2.40. The highest BCUT2D eigenvalue weighted by molar-refractivity contribution is 6.31. The molecule has 0 saturated heterocycles. The topological polar surface area (TPSA) is 54.0 Å². The fraction of sp³-hybridized carbons (Fsp3) is 0.278. The maximum absolute atomic E-state index is 12.4. The molecule has 24 heavy (non-hydrogen) atoms. The van der Waals surface area contributed by atoms with Gasteiger partial charge in [0, 0.05) is 5.02 Å². The van der Waals surface area contributed by atoms with Gasteiger partial charge in [-0.05, 0) is 42.3 Å². The molecule has 2 rings (SSSR count). The second-order valence-electron chi connectivity index (χ2n) is 4.91. The molecular weight excluding hydrogens is 332 g/mol. The van der Waals surface area contributed by atoms with Crippen LogP contribution in [0.15, 0.2) is 30.3 Å². The van der Waals surface area contributed by atoms with Crippen molar-refractivity contribution in [2.75, 3.05) is 21.3 Å². The number of ether oxygens (including phenoxy) is 4. The molecule has 0 unspecified atom stereocenters. The molecule has 0 fully saturated rings. The maximum atomic E-state index is 12.4. The van der Waals surface area contributed by atoms with Gasteiger partial charge < -0.3 is 18.9 Å². The van der Waals surface area contributed by atoms with E-state index < -0.39 is 5.97 Å². The molecule has 0 atom stereocenters. The lowest BCUT2D eigenvalue weighted by Gasteiger charge is -2.14. The van der Waals surface area contributed by atoms with Gasteiger partial charge in [-0.1, -0.05) is 18.5 Å². The number of hydrogen-bond acceptors (Lipinski definition) is 5. The molecule has 0 saturated carbocycles. The average molecular weight is 351 g/mol. The number of methoxy groups -OCH3 is 3. The van der Waals surface area contributed by atoms with Crippen molar-refractivity contribution in [3.8, 4) is 23.0 Å². The number of hydrogen-bond donors (Lipinski definition) is 0. The van der Waals surface area contributed by atoms with E-state index in [9.17, 15) is 4.79 Å². The molecule has 5 nitrogen and oxygen atoms in total. The zero-order valence-electron chi connectivity index (χ0n) is 14.0. The number of halogens is 1. The number of carbonyl (C=O) groups excluding carboxylic acids is 1. The number of esters is 1. The van der Waals surface area contributed by atoms with Crippen LogP contribution in [0.4, 0.5) is 0 Å². The molecule has 0 N–H and O–H groups in total. The lowest BCUT2D eigenvalue weighted by atomic mass is 10.1. The molecule has 0 aliphatic carbocycles. The summed E-state index contributed by atoms with van der Waals surface area (Å²) in [5.41, 5.74) is 1.20. The predicted octanol–water partition coefficient (Wildman–Crippen LogP) is 4.15. The van der Waals surface area contributed by atoms with Crippen LogP contribution in [0.5, 0.6) is 23.0 Å². The van der Waals surface area contributed by atoms with Gasteiger partial charge in [-0.3, -0.25) is 0 Å². The van der Waals surface area contributed by atoms with Crippen molar-refractivity contribution in [3.63, 3.8) is 0 Å². The van der Waals surface area contributed by atoms with E-state index >= 15 is 0 Å². The van der Waals surface area contributed by atoms with E-state index in [1.807, 2.05) is 6.92 Å². The minimum Gasteiger partial charge on any atom is -0.493 e. The number of aryl methyl sites for hydroxylation is 1. The van der Waals surface area contributed by atoms with Gasteiger partial charge in [0.1, 0.15) is 5.75 Å². The summed E-state index contributed by atoms with van der Waals surface area (Å²) >= 11 is 6.07. The Balaban J connectivity index is 2.33. The highest BCUT2D eigenvalue weighted by Gasteiger charge is 2.18. The molecule has 0 aromatic heterocycles. The number of rotatable bonds is 6. The Morgan fingerprint density at radius 2 is 1.62 bits per heavy atom. The third-order valence-electron chi connectivity index (χ3n) is 3.51. The second-order valence-corrected chi connectivity index (χ2v) is 5.32. The SMILES string of the molecule is CCc1cc(OC(=O)c2cc(OC)c(OC)c(OC)c2)ccc1Cl. The van der Waals surface area contributed by atoms with Crippen molar-refractivity contribution in [3.05, 3.63) is 46.5 Å². The van der Waals surface area contributed by atoms with E-state index in [-0.39, 0.29) is 5.56 Å². The zero-order valence-corrected chi connectivity index (χ0v) is 14.8. The van der Waals surface area contributed by atoms with Crippen molar-refractivity contribution >= 4 is 17.6 Å². The van der Waals surface area contributed by atoms with Crippen LogP contribution >= 0.6 is 11.6 Å². The summed E-state index contributed by atoms with van der Waals surface area (Å²) in [5.74, 6) is 1.08. The van der Waals surface area contributed by atoms with Crippen LogP contribution in [0.1, 0.15) is 22.8 Å². The Bertz CT molecular complexity index is 717. The zero-order chi connectivity index (χ0) is 17.7. The van der Waals surface area contributed by atoms with Crippen LogP contribution in [-0.2, 0) is 6.42 Å². The highest BCUT2D eigenvalue weighted by Crippen LogP contribution is 2.38. The van der Waals surface area contributed by atoms with Gasteiger partial charge in [-0.15, -0.1) is 0 Å². The quantitative estimate of drug-likeness (QED) is 0.578. The van der Waals surface area contributed by atoms with Crippen molar-refractivity contribution < 1.29 is 23.7 Å². The van der Waals surface area contributed by atoms with Gasteiger partial charge >= 0.3 is 5.97 Å². The molecule has 2 aromatic carbocycles. The third kappa shape index (κ3) is 3.74. The van der Waals surface area contributed by atoms with Crippen molar-refractivity contribution in [1.29, 1.82) is 0 Å². The molecule has 6 heteroatoms. The first kappa shape index (κ1) is 17.9. The maximum Gasteiger partial charge on any atom is 0.343 e. The molecule has 2 aromatic rings. The van der Waals surface area contributed by atoms with Gasteiger partial charge in [0.05, 0.1) is 26.9 Å². The van der Waals surface area contributed by atoms with Crippen LogP contribution in [0.2, 0.25) is 5.02 Å². The van der Waals surface area contributed by atoms with Crippen LogP contribution < -0.4 is 18.9 Å². The molecule has 128 valence electrons. The molecule has 0 aliphatic heterocycles. The van der Waals surface area contributed by atoms with Crippen molar-refractivity contribution in [1.82, 2.24) is 0 Å². The van der Waals surface area contributed by atoms with E-state index in [0.29, 0.717) is 28.0 Å². The summed E-state index contributed by atoms with van der Waals surface area (Å²) in [7, 11) is 4.47. The number of benzene rings is 2. The molecule has 0 radical (unpaired) electrons. The summed E-state index contributed by atoms with van der Waals surface area (Å²) in [4.78, 5) is 12.4. The van der Waals surface area contributed by atoms with E-state index in [0.717, 1.165) is 12.0 Å². The minimum absolute atomic E-state index is 0.289. The van der Waals surface area contributed by atoms with E-state index in [1.54, 1.807) is 30.3 Å². The average Bonchev–Trinajstić information content (AvgIpc) is 2.61. The van der Waals surface area contributed by atoms with Crippen LogP contribution in [0.25, 0.3) is 0 Å². The molecule has 0 heterocycles. The van der Waals surface area contributed by atoms with Crippen molar-refractivity contribution in [2.24, 2.45) is 0 Å². The van der Waals surface area contributed by atoms with Gasteiger partial charge in [0.25, 0.3) is 0 Å². The highest BCUT2D eigenvalue weighted by atomic mass is 35.5. The monoisotopic (exact) mass is 350 g/mol. The molecule has 0 bridgehead atoms. The van der Waals surface area contributed by atoms with Gasteiger partial charge in [0.15, 0.2) is 11.5 Å². The molecule has 0 amide bonds. The van der Waals surface area contributed by atoms with Gasteiger partial charge in [-0.2, -0.15) is 0 Å². The molecular formula is C18H19ClO5. The Morgan fingerprint density at radius 3 is 2.12 bits per heavy atom. The number of carbonyl (C=O) groups is 1. The molecule has 0 spiro atoms. The first-order valence-corrected chi connectivity index (χ1v) is 7.72.